The number of nitrogens with one attached hydrogen (secondary N) is 2. The van der Waals surface area contributed by atoms with Crippen LogP contribution in [0.1, 0.15) is 32.6 Å². The number of amides is 2. The minimum Gasteiger partial charge on any atom is -0.325 e. The summed E-state index contributed by atoms with van der Waals surface area (Å²) in [5, 5.41) is 8.68. The van der Waals surface area contributed by atoms with Crippen molar-refractivity contribution < 1.29 is 9.59 Å². The molecule has 2 aliphatic heterocycles. The molecule has 0 spiro atoms. The number of amidine groups is 1. The zero-order valence-electron chi connectivity index (χ0n) is 16.7. The quantitative estimate of drug-likeness (QED) is 0.645. The third-order valence-electron chi connectivity index (χ3n) is 5.67. The molecule has 3 aliphatic rings. The Balaban J connectivity index is 1.44. The molecule has 0 radical (unpaired) electrons. The van der Waals surface area contributed by atoms with Gasteiger partial charge in [-0.1, -0.05) is 36.4 Å². The lowest BCUT2D eigenvalue weighted by Gasteiger charge is -2.51. The number of fused-ring (bicyclic) bond motifs is 3. The van der Waals surface area contributed by atoms with E-state index >= 15 is 0 Å². The minimum absolute atomic E-state index is 0.0299. The van der Waals surface area contributed by atoms with E-state index in [2.05, 4.69) is 27.7 Å². The topological polar surface area (TPSA) is 77.0 Å². The number of halogens is 2. The summed E-state index contributed by atoms with van der Waals surface area (Å²) in [5.41, 5.74) is 3.78. The fourth-order valence-corrected chi connectivity index (χ4v) is 5.73. The van der Waals surface area contributed by atoms with Gasteiger partial charge in [0, 0.05) is 28.7 Å². The molecule has 2 fully saturated rings. The van der Waals surface area contributed by atoms with Gasteiger partial charge in [0.25, 0.3) is 0 Å². The van der Waals surface area contributed by atoms with Gasteiger partial charge in [0.2, 0.25) is 11.8 Å². The molecule has 162 valence electrons. The summed E-state index contributed by atoms with van der Waals surface area (Å²) in [7, 11) is 0. The number of carbonyl (C=O) groups is 2. The van der Waals surface area contributed by atoms with Gasteiger partial charge in [-0.2, -0.15) is 5.10 Å². The molecule has 0 bridgehead atoms. The zero-order chi connectivity index (χ0) is 21.3. The number of hydrogen-bond donors (Lipinski definition) is 2. The van der Waals surface area contributed by atoms with E-state index in [4.69, 9.17) is 23.2 Å². The fourth-order valence-electron chi connectivity index (χ4n) is 4.39. The summed E-state index contributed by atoms with van der Waals surface area (Å²) in [4.78, 5) is 29.6. The van der Waals surface area contributed by atoms with Gasteiger partial charge >= 0.3 is 0 Å². The Kier molecular flexibility index (Phi) is 6.65. The van der Waals surface area contributed by atoms with E-state index in [-0.39, 0.29) is 41.2 Å². The minimum atomic E-state index is -0.288. The average Bonchev–Trinajstić information content (AvgIpc) is 3.13. The van der Waals surface area contributed by atoms with E-state index in [1.165, 1.54) is 11.8 Å². The number of alkyl halides is 1. The third kappa shape index (κ3) is 4.36. The molecular weight excluding hydrogens is 445 g/mol. The predicted octanol–water partition coefficient (Wildman–Crippen LogP) is 3.50. The van der Waals surface area contributed by atoms with Crippen molar-refractivity contribution in [2.75, 3.05) is 17.6 Å². The molecule has 1 saturated carbocycles. The van der Waals surface area contributed by atoms with E-state index in [0.29, 0.717) is 23.7 Å². The van der Waals surface area contributed by atoms with Crippen LogP contribution in [0.5, 0.6) is 0 Å². The summed E-state index contributed by atoms with van der Waals surface area (Å²) < 4.78 is 0. The van der Waals surface area contributed by atoms with E-state index in [9.17, 15) is 9.59 Å². The number of thioether (sulfide) groups is 1. The van der Waals surface area contributed by atoms with Crippen molar-refractivity contribution in [3.8, 4) is 0 Å². The second-order valence-electron chi connectivity index (χ2n) is 7.77. The number of hydrogen-bond acceptors (Lipinski definition) is 6. The number of benzene rings is 1. The number of hydrazone groups is 1. The number of rotatable bonds is 5. The van der Waals surface area contributed by atoms with Crippen LogP contribution in [-0.2, 0) is 9.59 Å². The lowest BCUT2D eigenvalue weighted by molar-refractivity contribution is -0.155. The van der Waals surface area contributed by atoms with Crippen LogP contribution in [0.15, 0.2) is 29.4 Å². The SMILES string of the molecule is CCCN1C(=O)C2CC(Cl)CCC2N2C(SCC(=O)Nc3cccc(Cl)c3)=NNC12. The molecule has 0 aromatic heterocycles. The molecule has 2 N–H and O–H groups in total. The van der Waals surface area contributed by atoms with Crippen LogP contribution in [0.3, 0.4) is 0 Å². The summed E-state index contributed by atoms with van der Waals surface area (Å²) in [6, 6.07) is 7.12. The highest BCUT2D eigenvalue weighted by Crippen LogP contribution is 2.40. The molecule has 4 unspecified atom stereocenters. The first-order chi connectivity index (χ1) is 14.5. The monoisotopic (exact) mass is 469 g/mol. The fraction of sp³-hybridized carbons (Fsp3) is 0.550. The standard InChI is InChI=1S/C20H25Cl2N5O2S/c1-2-8-26-18(29)15-10-13(22)6-7-16(15)27-19(26)24-25-20(27)30-11-17(28)23-14-5-3-4-12(21)9-14/h3-5,9,13,15-16,19,24H,2,6-8,10-11H2,1H3,(H,23,28). The average molecular weight is 470 g/mol. The van der Waals surface area contributed by atoms with E-state index < -0.39 is 0 Å². The Morgan fingerprint density at radius 3 is 3.00 bits per heavy atom. The van der Waals surface area contributed by atoms with Crippen LogP contribution in [0, 0.1) is 5.92 Å². The lowest BCUT2D eigenvalue weighted by Crippen LogP contribution is -2.67. The first-order valence-electron chi connectivity index (χ1n) is 10.2. The second-order valence-corrected chi connectivity index (χ2v) is 9.76. The van der Waals surface area contributed by atoms with Crippen molar-refractivity contribution in [2.45, 2.75) is 50.3 Å². The van der Waals surface area contributed by atoms with Crippen LogP contribution in [-0.4, -0.2) is 56.8 Å². The molecule has 4 rings (SSSR count). The van der Waals surface area contributed by atoms with Crippen molar-refractivity contribution in [2.24, 2.45) is 11.0 Å². The van der Waals surface area contributed by atoms with Crippen LogP contribution >= 0.6 is 35.0 Å². The van der Waals surface area contributed by atoms with Gasteiger partial charge in [-0.05, 0) is 43.9 Å². The second kappa shape index (κ2) is 9.24. The van der Waals surface area contributed by atoms with Crippen molar-refractivity contribution in [3.63, 3.8) is 0 Å². The highest BCUT2D eigenvalue weighted by atomic mass is 35.5. The van der Waals surface area contributed by atoms with Crippen molar-refractivity contribution in [3.05, 3.63) is 29.3 Å². The Morgan fingerprint density at radius 2 is 2.23 bits per heavy atom. The number of anilines is 1. The van der Waals surface area contributed by atoms with Crippen molar-refractivity contribution in [1.29, 1.82) is 0 Å². The molecule has 1 aromatic rings. The maximum Gasteiger partial charge on any atom is 0.234 e. The van der Waals surface area contributed by atoms with Crippen LogP contribution in [0.25, 0.3) is 0 Å². The predicted molar refractivity (Wildman–Crippen MR) is 122 cm³/mol. The smallest absolute Gasteiger partial charge is 0.234 e. The first-order valence-corrected chi connectivity index (χ1v) is 12.0. The summed E-state index contributed by atoms with van der Waals surface area (Å²) in [6.45, 7) is 2.71. The largest absolute Gasteiger partial charge is 0.325 e. The van der Waals surface area contributed by atoms with Crippen molar-refractivity contribution >= 4 is 57.6 Å². The lowest BCUT2D eigenvalue weighted by atomic mass is 9.81. The molecule has 1 saturated heterocycles. The molecule has 10 heteroatoms. The van der Waals surface area contributed by atoms with Crippen molar-refractivity contribution in [1.82, 2.24) is 15.2 Å². The van der Waals surface area contributed by atoms with E-state index in [1.54, 1.807) is 24.3 Å². The van der Waals surface area contributed by atoms with Gasteiger partial charge < -0.3 is 15.1 Å². The normalized spacial score (nSPS) is 27.8. The van der Waals surface area contributed by atoms with E-state index in [0.717, 1.165) is 24.4 Å². The molecule has 30 heavy (non-hydrogen) atoms. The maximum atomic E-state index is 13.1. The van der Waals surface area contributed by atoms with Gasteiger partial charge in [0.1, 0.15) is 0 Å². The van der Waals surface area contributed by atoms with Crippen LogP contribution < -0.4 is 10.7 Å². The maximum absolute atomic E-state index is 13.1. The van der Waals surface area contributed by atoms with Gasteiger partial charge in [0.15, 0.2) is 11.5 Å². The highest BCUT2D eigenvalue weighted by Gasteiger charge is 2.51. The Bertz CT molecular complexity index is 854. The van der Waals surface area contributed by atoms with E-state index in [1.807, 2.05) is 4.90 Å². The van der Waals surface area contributed by atoms with Gasteiger partial charge in [0.05, 0.1) is 11.7 Å². The Morgan fingerprint density at radius 1 is 1.40 bits per heavy atom. The summed E-state index contributed by atoms with van der Waals surface area (Å²) >= 11 is 13.8. The molecular formula is C20H25Cl2N5O2S. The molecule has 4 atom stereocenters. The van der Waals surface area contributed by atoms with Gasteiger partial charge in [-0.15, -0.1) is 11.6 Å². The number of nitrogens with zero attached hydrogens (tertiary/aromatic N) is 3. The Hall–Kier alpha value is -1.64. The summed E-state index contributed by atoms with van der Waals surface area (Å²) in [5.74, 6) is 0.108. The molecule has 1 aliphatic carbocycles. The molecule has 2 heterocycles. The third-order valence-corrected chi connectivity index (χ3v) is 7.27. The Labute approximate surface area is 190 Å². The number of carbonyl (C=O) groups excluding carboxylic acids is 2. The zero-order valence-corrected chi connectivity index (χ0v) is 19.0. The van der Waals surface area contributed by atoms with Crippen LogP contribution in [0.4, 0.5) is 5.69 Å². The van der Waals surface area contributed by atoms with Crippen LogP contribution in [0.2, 0.25) is 5.02 Å². The van der Waals surface area contributed by atoms with Gasteiger partial charge in [-0.25, -0.2) is 0 Å². The highest BCUT2D eigenvalue weighted by molar-refractivity contribution is 8.14. The molecule has 2 amide bonds. The first kappa shape index (κ1) is 21.6. The summed E-state index contributed by atoms with van der Waals surface area (Å²) in [6.07, 6.45) is 2.98. The van der Waals surface area contributed by atoms with Gasteiger partial charge in [-0.3, -0.25) is 15.0 Å². The molecule has 1 aromatic carbocycles. The molecule has 7 nitrogen and oxygen atoms in total.